The van der Waals surface area contributed by atoms with E-state index in [4.69, 9.17) is 27.9 Å². The highest BCUT2D eigenvalue weighted by Crippen LogP contribution is 2.30. The molecule has 2 aromatic rings. The van der Waals surface area contributed by atoms with E-state index in [0.29, 0.717) is 10.0 Å². The second-order valence-corrected chi connectivity index (χ2v) is 5.23. The molecule has 0 aliphatic heterocycles. The Balaban J connectivity index is 2.21. The Kier molecular flexibility index (Phi) is 4.73. The van der Waals surface area contributed by atoms with Gasteiger partial charge in [-0.3, -0.25) is 0 Å². The van der Waals surface area contributed by atoms with E-state index in [1.165, 1.54) is 13.2 Å². The highest BCUT2D eigenvalue weighted by atomic mass is 35.5. The summed E-state index contributed by atoms with van der Waals surface area (Å²) < 4.78 is 18.4. The van der Waals surface area contributed by atoms with Crippen LogP contribution in [0, 0.1) is 5.82 Å². The second kappa shape index (κ2) is 6.33. The van der Waals surface area contributed by atoms with E-state index in [2.05, 4.69) is 5.32 Å². The summed E-state index contributed by atoms with van der Waals surface area (Å²) in [6.07, 6.45) is 0. The predicted octanol–water partition coefficient (Wildman–Crippen LogP) is 5.31. The van der Waals surface area contributed by atoms with Crippen LogP contribution in [-0.2, 0) is 0 Å². The van der Waals surface area contributed by atoms with E-state index in [1.807, 2.05) is 13.0 Å². The summed E-state index contributed by atoms with van der Waals surface area (Å²) in [5.74, 6) is -0.161. The lowest BCUT2D eigenvalue weighted by molar-refractivity contribution is 0.385. The van der Waals surface area contributed by atoms with Crippen molar-refractivity contribution < 1.29 is 9.13 Å². The summed E-state index contributed by atoms with van der Waals surface area (Å²) >= 11 is 12.0. The quantitative estimate of drug-likeness (QED) is 0.825. The summed E-state index contributed by atoms with van der Waals surface area (Å²) in [5.41, 5.74) is 1.67. The van der Waals surface area contributed by atoms with Crippen LogP contribution in [0.25, 0.3) is 0 Å². The molecule has 0 aromatic heterocycles. The van der Waals surface area contributed by atoms with Crippen LogP contribution in [-0.4, -0.2) is 7.11 Å². The van der Waals surface area contributed by atoms with Crippen LogP contribution < -0.4 is 10.1 Å². The Bertz CT molecular complexity index is 619. The number of halogens is 3. The first-order chi connectivity index (χ1) is 9.51. The molecule has 2 nitrogen and oxygen atoms in total. The van der Waals surface area contributed by atoms with Crippen molar-refractivity contribution in [1.29, 1.82) is 0 Å². The topological polar surface area (TPSA) is 21.3 Å². The number of rotatable bonds is 4. The third kappa shape index (κ3) is 3.35. The Hall–Kier alpha value is -1.45. The van der Waals surface area contributed by atoms with Crippen molar-refractivity contribution in [2.45, 2.75) is 13.0 Å². The standard InChI is InChI=1S/C15H14Cl2FNO/c1-9(10-3-5-13(18)15(7-10)20-2)19-14-6-4-11(16)8-12(14)17/h3-9,19H,1-2H3. The van der Waals surface area contributed by atoms with Crippen molar-refractivity contribution in [1.82, 2.24) is 0 Å². The van der Waals surface area contributed by atoms with Crippen molar-refractivity contribution >= 4 is 28.9 Å². The third-order valence-corrected chi connectivity index (χ3v) is 3.53. The third-order valence-electron chi connectivity index (χ3n) is 2.98. The molecule has 1 N–H and O–H groups in total. The van der Waals surface area contributed by atoms with Gasteiger partial charge in [0.15, 0.2) is 11.6 Å². The monoisotopic (exact) mass is 313 g/mol. The van der Waals surface area contributed by atoms with Crippen LogP contribution >= 0.6 is 23.2 Å². The molecule has 5 heteroatoms. The average Bonchev–Trinajstić information content (AvgIpc) is 2.42. The molecular weight excluding hydrogens is 300 g/mol. The van der Waals surface area contributed by atoms with Crippen LogP contribution in [0.1, 0.15) is 18.5 Å². The van der Waals surface area contributed by atoms with Crippen molar-refractivity contribution in [2.24, 2.45) is 0 Å². The number of anilines is 1. The van der Waals surface area contributed by atoms with Gasteiger partial charge < -0.3 is 10.1 Å². The fourth-order valence-corrected chi connectivity index (χ4v) is 2.33. The number of ether oxygens (including phenoxy) is 1. The van der Waals surface area contributed by atoms with Crippen molar-refractivity contribution in [2.75, 3.05) is 12.4 Å². The van der Waals surface area contributed by atoms with Gasteiger partial charge >= 0.3 is 0 Å². The largest absolute Gasteiger partial charge is 0.494 e. The summed E-state index contributed by atoms with van der Waals surface area (Å²) in [6, 6.07) is 9.94. The Morgan fingerprint density at radius 1 is 1.15 bits per heavy atom. The van der Waals surface area contributed by atoms with Crippen LogP contribution in [0.5, 0.6) is 5.75 Å². The minimum absolute atomic E-state index is 0.0526. The Morgan fingerprint density at radius 3 is 2.55 bits per heavy atom. The maximum atomic E-state index is 13.4. The van der Waals surface area contributed by atoms with Gasteiger partial charge in [0.05, 0.1) is 17.8 Å². The van der Waals surface area contributed by atoms with E-state index >= 15 is 0 Å². The van der Waals surface area contributed by atoms with Gasteiger partial charge in [0.25, 0.3) is 0 Å². The lowest BCUT2D eigenvalue weighted by Gasteiger charge is -2.17. The van der Waals surface area contributed by atoms with E-state index in [9.17, 15) is 4.39 Å². The van der Waals surface area contributed by atoms with Gasteiger partial charge in [-0.15, -0.1) is 0 Å². The molecule has 0 aliphatic rings. The van der Waals surface area contributed by atoms with Gasteiger partial charge in [-0.05, 0) is 42.8 Å². The van der Waals surface area contributed by atoms with E-state index < -0.39 is 0 Å². The maximum Gasteiger partial charge on any atom is 0.165 e. The number of benzene rings is 2. The number of nitrogens with one attached hydrogen (secondary N) is 1. The van der Waals surface area contributed by atoms with Crippen LogP contribution in [0.4, 0.5) is 10.1 Å². The summed E-state index contributed by atoms with van der Waals surface area (Å²) in [4.78, 5) is 0. The van der Waals surface area contributed by atoms with E-state index in [1.54, 1.807) is 24.3 Å². The molecule has 2 aromatic carbocycles. The summed E-state index contributed by atoms with van der Waals surface area (Å²) in [6.45, 7) is 1.96. The zero-order valence-electron chi connectivity index (χ0n) is 11.1. The minimum atomic E-state index is -0.382. The van der Waals surface area contributed by atoms with Gasteiger partial charge in [-0.2, -0.15) is 0 Å². The molecule has 0 fully saturated rings. The lowest BCUT2D eigenvalue weighted by atomic mass is 10.1. The van der Waals surface area contributed by atoms with Crippen LogP contribution in [0.2, 0.25) is 10.0 Å². The van der Waals surface area contributed by atoms with Crippen molar-refractivity contribution in [3.05, 3.63) is 57.8 Å². The smallest absolute Gasteiger partial charge is 0.165 e. The van der Waals surface area contributed by atoms with E-state index in [-0.39, 0.29) is 17.6 Å². The molecule has 0 bridgehead atoms. The summed E-state index contributed by atoms with van der Waals surface area (Å²) in [7, 11) is 1.44. The fourth-order valence-electron chi connectivity index (χ4n) is 1.87. The predicted molar refractivity (Wildman–Crippen MR) is 81.5 cm³/mol. The highest BCUT2D eigenvalue weighted by molar-refractivity contribution is 6.36. The van der Waals surface area contributed by atoms with Gasteiger partial charge in [-0.1, -0.05) is 29.3 Å². The molecular formula is C15H14Cl2FNO. The SMILES string of the molecule is COc1cc(C(C)Nc2ccc(Cl)cc2Cl)ccc1F. The van der Waals surface area contributed by atoms with Crippen molar-refractivity contribution in [3.8, 4) is 5.75 Å². The average molecular weight is 314 g/mol. The molecule has 0 aliphatic carbocycles. The first-order valence-electron chi connectivity index (χ1n) is 6.06. The van der Waals surface area contributed by atoms with E-state index in [0.717, 1.165) is 11.3 Å². The maximum absolute atomic E-state index is 13.4. The fraction of sp³-hybridized carbons (Fsp3) is 0.200. The van der Waals surface area contributed by atoms with Gasteiger partial charge in [-0.25, -0.2) is 4.39 Å². The molecule has 0 heterocycles. The van der Waals surface area contributed by atoms with Gasteiger partial charge in [0, 0.05) is 11.1 Å². The number of hydrogen-bond donors (Lipinski definition) is 1. The van der Waals surface area contributed by atoms with Crippen LogP contribution in [0.3, 0.4) is 0 Å². The lowest BCUT2D eigenvalue weighted by Crippen LogP contribution is -2.07. The molecule has 20 heavy (non-hydrogen) atoms. The van der Waals surface area contributed by atoms with Gasteiger partial charge in [0.1, 0.15) is 0 Å². The Morgan fingerprint density at radius 2 is 1.90 bits per heavy atom. The summed E-state index contributed by atoms with van der Waals surface area (Å²) in [5, 5.41) is 4.38. The zero-order chi connectivity index (χ0) is 14.7. The molecule has 0 amide bonds. The second-order valence-electron chi connectivity index (χ2n) is 4.38. The molecule has 1 unspecified atom stereocenters. The first-order valence-corrected chi connectivity index (χ1v) is 6.82. The number of methoxy groups -OCH3 is 1. The minimum Gasteiger partial charge on any atom is -0.494 e. The first kappa shape index (κ1) is 14.9. The Labute approximate surface area is 127 Å². The van der Waals surface area contributed by atoms with Crippen LogP contribution in [0.15, 0.2) is 36.4 Å². The van der Waals surface area contributed by atoms with Gasteiger partial charge in [0.2, 0.25) is 0 Å². The normalized spacial score (nSPS) is 12.1. The molecule has 0 spiro atoms. The molecule has 0 saturated heterocycles. The zero-order valence-corrected chi connectivity index (χ0v) is 12.6. The molecule has 2 rings (SSSR count). The van der Waals surface area contributed by atoms with Crippen molar-refractivity contribution in [3.63, 3.8) is 0 Å². The molecule has 1 atom stereocenters. The molecule has 0 saturated carbocycles. The molecule has 106 valence electrons. The highest BCUT2D eigenvalue weighted by Gasteiger charge is 2.11. The molecule has 0 radical (unpaired) electrons. The number of hydrogen-bond acceptors (Lipinski definition) is 2.